The van der Waals surface area contributed by atoms with Crippen LogP contribution in [-0.2, 0) is 14.8 Å². The number of aryl methyl sites for hydroxylation is 2. The maximum absolute atomic E-state index is 12.3. The molecule has 1 heterocycles. The summed E-state index contributed by atoms with van der Waals surface area (Å²) in [5.41, 5.74) is 1.40. The Balaban J connectivity index is 1.90. The van der Waals surface area contributed by atoms with Gasteiger partial charge in [-0.05, 0) is 25.8 Å². The van der Waals surface area contributed by atoms with Gasteiger partial charge >= 0.3 is 0 Å². The van der Waals surface area contributed by atoms with Crippen molar-refractivity contribution in [1.82, 2.24) is 15.2 Å². The van der Waals surface area contributed by atoms with Crippen molar-refractivity contribution >= 4 is 15.9 Å². The van der Waals surface area contributed by atoms with Crippen molar-refractivity contribution in [3.05, 3.63) is 47.3 Å². The van der Waals surface area contributed by atoms with Gasteiger partial charge in [0, 0.05) is 12.5 Å². The molecule has 0 aliphatic rings. The summed E-state index contributed by atoms with van der Waals surface area (Å²) in [6.45, 7) is 5.21. The molecule has 1 aromatic heterocycles. The quantitative estimate of drug-likeness (QED) is 0.744. The monoisotopic (exact) mass is 365 g/mol. The normalized spacial score (nSPS) is 12.8. The van der Waals surface area contributed by atoms with E-state index in [0.717, 1.165) is 12.0 Å². The third-order valence-corrected chi connectivity index (χ3v) is 5.61. The Hall–Kier alpha value is -2.19. The van der Waals surface area contributed by atoms with Gasteiger partial charge in [-0.25, -0.2) is 13.1 Å². The van der Waals surface area contributed by atoms with E-state index in [1.165, 1.54) is 13.8 Å². The molecule has 0 radical (unpaired) electrons. The number of amides is 1. The summed E-state index contributed by atoms with van der Waals surface area (Å²) in [7, 11) is -3.84. The Morgan fingerprint density at radius 1 is 1.24 bits per heavy atom. The fourth-order valence-corrected chi connectivity index (χ4v) is 3.92. The second kappa shape index (κ2) is 8.26. The highest BCUT2D eigenvalue weighted by Crippen LogP contribution is 2.19. The fraction of sp³-hybridized carbons (Fsp3) is 0.412. The average molecular weight is 365 g/mol. The highest BCUT2D eigenvalue weighted by molar-refractivity contribution is 7.89. The van der Waals surface area contributed by atoms with Crippen LogP contribution in [0.3, 0.4) is 0 Å². The Bertz CT molecular complexity index is 796. The number of nitrogens with zero attached hydrogens (tertiary/aromatic N) is 1. The van der Waals surface area contributed by atoms with Crippen LogP contribution in [-0.4, -0.2) is 32.6 Å². The summed E-state index contributed by atoms with van der Waals surface area (Å²) in [4.78, 5) is 12.0. The minimum atomic E-state index is -3.84. The second-order valence-corrected chi connectivity index (χ2v) is 7.50. The van der Waals surface area contributed by atoms with E-state index in [4.69, 9.17) is 4.52 Å². The molecule has 1 atom stereocenters. The molecular formula is C17H23N3O4S. The average Bonchev–Trinajstić information content (AvgIpc) is 2.94. The standard InChI is InChI=1S/C17H23N3O4S/c1-4-14(15-8-6-5-7-9-15)10-18-16(21)11-19-25(22,23)17-12(2)20-24-13(17)3/h5-9,14,19H,4,10-11H2,1-3H3,(H,18,21)/t14-/m0/s1. The first-order valence-electron chi connectivity index (χ1n) is 8.09. The molecule has 1 aromatic carbocycles. The molecule has 0 unspecified atom stereocenters. The lowest BCUT2D eigenvalue weighted by Gasteiger charge is -2.16. The zero-order valence-electron chi connectivity index (χ0n) is 14.6. The van der Waals surface area contributed by atoms with Crippen LogP contribution >= 0.6 is 0 Å². The number of hydrogen-bond acceptors (Lipinski definition) is 5. The zero-order chi connectivity index (χ0) is 18.4. The molecule has 1 amide bonds. The smallest absolute Gasteiger partial charge is 0.246 e. The Morgan fingerprint density at radius 2 is 1.92 bits per heavy atom. The molecule has 25 heavy (non-hydrogen) atoms. The minimum absolute atomic E-state index is 0.0176. The van der Waals surface area contributed by atoms with Crippen LogP contribution in [0.1, 0.15) is 36.3 Å². The number of carbonyl (C=O) groups excluding carboxylic acids is 1. The van der Waals surface area contributed by atoms with Crippen LogP contribution in [0.4, 0.5) is 0 Å². The van der Waals surface area contributed by atoms with Gasteiger partial charge in [0.05, 0.1) is 6.54 Å². The third-order valence-electron chi connectivity index (χ3n) is 3.97. The number of benzene rings is 1. The number of sulfonamides is 1. The molecule has 8 heteroatoms. The van der Waals surface area contributed by atoms with Crippen molar-refractivity contribution in [2.75, 3.05) is 13.1 Å². The van der Waals surface area contributed by atoms with Gasteiger partial charge in [0.15, 0.2) is 5.76 Å². The summed E-state index contributed by atoms with van der Waals surface area (Å²) in [6.07, 6.45) is 0.870. The molecular weight excluding hydrogens is 342 g/mol. The van der Waals surface area contributed by atoms with E-state index in [2.05, 4.69) is 15.2 Å². The lowest BCUT2D eigenvalue weighted by atomic mass is 9.96. The molecule has 0 aliphatic carbocycles. The van der Waals surface area contributed by atoms with E-state index >= 15 is 0 Å². The number of aromatic nitrogens is 1. The maximum Gasteiger partial charge on any atom is 0.246 e. The van der Waals surface area contributed by atoms with Gasteiger partial charge in [-0.3, -0.25) is 4.79 Å². The van der Waals surface area contributed by atoms with E-state index in [9.17, 15) is 13.2 Å². The lowest BCUT2D eigenvalue weighted by molar-refractivity contribution is -0.120. The molecule has 0 bridgehead atoms. The van der Waals surface area contributed by atoms with E-state index in [1.807, 2.05) is 37.3 Å². The lowest BCUT2D eigenvalue weighted by Crippen LogP contribution is -2.38. The number of hydrogen-bond donors (Lipinski definition) is 2. The second-order valence-electron chi connectivity index (χ2n) is 5.80. The van der Waals surface area contributed by atoms with Gasteiger partial charge in [-0.2, -0.15) is 0 Å². The van der Waals surface area contributed by atoms with E-state index in [0.29, 0.717) is 6.54 Å². The fourth-order valence-electron chi connectivity index (χ4n) is 2.61. The van der Waals surface area contributed by atoms with Gasteiger partial charge in [0.1, 0.15) is 10.6 Å². The van der Waals surface area contributed by atoms with Crippen LogP contribution in [0, 0.1) is 13.8 Å². The predicted octanol–water partition coefficient (Wildman–Crippen LogP) is 1.88. The van der Waals surface area contributed by atoms with Gasteiger partial charge in [0.25, 0.3) is 0 Å². The minimum Gasteiger partial charge on any atom is -0.360 e. The molecule has 2 rings (SSSR count). The van der Waals surface area contributed by atoms with Crippen LogP contribution in [0.2, 0.25) is 0 Å². The Morgan fingerprint density at radius 3 is 2.48 bits per heavy atom. The highest BCUT2D eigenvalue weighted by atomic mass is 32.2. The molecule has 0 spiro atoms. The molecule has 0 saturated heterocycles. The van der Waals surface area contributed by atoms with Crippen LogP contribution in [0.15, 0.2) is 39.8 Å². The van der Waals surface area contributed by atoms with Crippen molar-refractivity contribution in [2.45, 2.75) is 38.0 Å². The van der Waals surface area contributed by atoms with Crippen LogP contribution in [0.25, 0.3) is 0 Å². The first-order valence-corrected chi connectivity index (χ1v) is 9.57. The van der Waals surface area contributed by atoms with Crippen molar-refractivity contribution in [3.63, 3.8) is 0 Å². The van der Waals surface area contributed by atoms with E-state index in [-0.39, 0.29) is 34.7 Å². The van der Waals surface area contributed by atoms with Crippen molar-refractivity contribution in [3.8, 4) is 0 Å². The summed E-state index contributed by atoms with van der Waals surface area (Å²) in [5, 5.41) is 6.39. The first kappa shape index (κ1) is 19.1. The predicted molar refractivity (Wildman–Crippen MR) is 93.6 cm³/mol. The van der Waals surface area contributed by atoms with E-state index < -0.39 is 10.0 Å². The number of nitrogens with one attached hydrogen (secondary N) is 2. The number of carbonyl (C=O) groups is 1. The summed E-state index contributed by atoms with van der Waals surface area (Å²) in [5.74, 6) is -0.00503. The summed E-state index contributed by atoms with van der Waals surface area (Å²) < 4.78 is 31.7. The molecule has 0 aliphatic heterocycles. The summed E-state index contributed by atoms with van der Waals surface area (Å²) >= 11 is 0. The van der Waals surface area contributed by atoms with Gasteiger partial charge in [0.2, 0.25) is 15.9 Å². The van der Waals surface area contributed by atoms with Crippen molar-refractivity contribution < 1.29 is 17.7 Å². The zero-order valence-corrected chi connectivity index (χ0v) is 15.4. The van der Waals surface area contributed by atoms with E-state index in [1.54, 1.807) is 0 Å². The van der Waals surface area contributed by atoms with Gasteiger partial charge in [-0.1, -0.05) is 42.4 Å². The molecule has 0 saturated carbocycles. The van der Waals surface area contributed by atoms with Crippen molar-refractivity contribution in [1.29, 1.82) is 0 Å². The van der Waals surface area contributed by atoms with Crippen LogP contribution < -0.4 is 10.0 Å². The highest BCUT2D eigenvalue weighted by Gasteiger charge is 2.24. The summed E-state index contributed by atoms with van der Waals surface area (Å²) in [6, 6.07) is 9.88. The van der Waals surface area contributed by atoms with Gasteiger partial charge < -0.3 is 9.84 Å². The SMILES string of the molecule is CC[C@@H](CNC(=O)CNS(=O)(=O)c1c(C)noc1C)c1ccccc1. The van der Waals surface area contributed by atoms with Gasteiger partial charge in [-0.15, -0.1) is 0 Å². The molecule has 0 fully saturated rings. The van der Waals surface area contributed by atoms with Crippen LogP contribution in [0.5, 0.6) is 0 Å². The Kier molecular flexibility index (Phi) is 6.33. The Labute approximate surface area is 147 Å². The third kappa shape index (κ3) is 4.90. The maximum atomic E-state index is 12.3. The number of rotatable bonds is 8. The topological polar surface area (TPSA) is 101 Å². The molecule has 2 N–H and O–H groups in total. The molecule has 7 nitrogen and oxygen atoms in total. The molecule has 136 valence electrons. The first-order chi connectivity index (χ1) is 11.8. The largest absolute Gasteiger partial charge is 0.360 e. The molecule has 2 aromatic rings. The van der Waals surface area contributed by atoms with Crippen molar-refractivity contribution in [2.24, 2.45) is 0 Å².